The van der Waals surface area contributed by atoms with Crippen LogP contribution in [0.2, 0.25) is 0 Å². The number of nitrogens with zero attached hydrogens (tertiary/aromatic N) is 3. The van der Waals surface area contributed by atoms with Gasteiger partial charge in [0.1, 0.15) is 5.60 Å². The summed E-state index contributed by atoms with van der Waals surface area (Å²) in [6.45, 7) is 2.42. The van der Waals surface area contributed by atoms with Gasteiger partial charge in [-0.3, -0.25) is 14.7 Å². The molecule has 25 heavy (non-hydrogen) atoms. The average Bonchev–Trinajstić information content (AvgIpc) is 2.76. The maximum Gasteiger partial charge on any atom is 0.225 e. The molecule has 6 heteroatoms. The number of carbonyl (C=O) groups is 1. The zero-order chi connectivity index (χ0) is 17.9. The largest absolute Gasteiger partial charge is 0.386 e. The average molecular weight is 343 g/mol. The van der Waals surface area contributed by atoms with E-state index in [-0.39, 0.29) is 18.9 Å². The Morgan fingerprint density at radius 3 is 2.92 bits per heavy atom. The van der Waals surface area contributed by atoms with Crippen LogP contribution in [0.4, 0.5) is 0 Å². The summed E-state index contributed by atoms with van der Waals surface area (Å²) in [4.78, 5) is 20.3. The van der Waals surface area contributed by atoms with E-state index >= 15 is 0 Å². The third kappa shape index (κ3) is 4.54. The molecule has 0 saturated carbocycles. The van der Waals surface area contributed by atoms with Crippen LogP contribution in [0.1, 0.15) is 12.1 Å². The highest BCUT2D eigenvalue weighted by molar-refractivity contribution is 5.78. The van der Waals surface area contributed by atoms with Crippen LogP contribution in [0.3, 0.4) is 0 Å². The van der Waals surface area contributed by atoms with Crippen LogP contribution in [0.25, 0.3) is 10.9 Å². The smallest absolute Gasteiger partial charge is 0.225 e. The second kappa shape index (κ2) is 7.47. The van der Waals surface area contributed by atoms with E-state index < -0.39 is 5.60 Å². The van der Waals surface area contributed by atoms with Crippen LogP contribution in [-0.4, -0.2) is 71.8 Å². The predicted octanol–water partition coefficient (Wildman–Crippen LogP) is 1.28. The van der Waals surface area contributed by atoms with E-state index in [4.69, 9.17) is 9.72 Å². The number of amides is 1. The van der Waals surface area contributed by atoms with Crippen molar-refractivity contribution in [2.24, 2.45) is 0 Å². The number of para-hydroxylation sites is 1. The maximum absolute atomic E-state index is 12.0. The molecule has 1 atom stereocenters. The van der Waals surface area contributed by atoms with Gasteiger partial charge in [0, 0.05) is 39.1 Å². The number of ether oxygens (including phenoxy) is 1. The molecule has 0 aliphatic carbocycles. The minimum absolute atomic E-state index is 0.0572. The molecule has 134 valence electrons. The summed E-state index contributed by atoms with van der Waals surface area (Å²) >= 11 is 0. The highest BCUT2D eigenvalue weighted by Crippen LogP contribution is 2.20. The van der Waals surface area contributed by atoms with Crippen molar-refractivity contribution in [1.29, 1.82) is 0 Å². The molecule has 2 aromatic rings. The number of rotatable bonds is 4. The lowest BCUT2D eigenvalue weighted by Gasteiger charge is -2.31. The van der Waals surface area contributed by atoms with E-state index in [0.29, 0.717) is 26.2 Å². The number of carbonyl (C=O) groups excluding carboxylic acids is 1. The van der Waals surface area contributed by atoms with Crippen LogP contribution in [0.15, 0.2) is 36.4 Å². The first-order valence-corrected chi connectivity index (χ1v) is 8.52. The maximum atomic E-state index is 12.0. The summed E-state index contributed by atoms with van der Waals surface area (Å²) in [6.07, 6.45) is 0.0572. The van der Waals surface area contributed by atoms with Gasteiger partial charge in [-0.05, 0) is 12.1 Å². The third-order valence-electron chi connectivity index (χ3n) is 4.46. The van der Waals surface area contributed by atoms with Crippen LogP contribution >= 0.6 is 0 Å². The van der Waals surface area contributed by atoms with Gasteiger partial charge in [0.2, 0.25) is 5.91 Å². The number of benzene rings is 1. The normalized spacial score (nSPS) is 21.9. The van der Waals surface area contributed by atoms with Gasteiger partial charge >= 0.3 is 0 Å². The molecular weight excluding hydrogens is 318 g/mol. The molecular formula is C19H25N3O3. The molecule has 1 aromatic heterocycles. The van der Waals surface area contributed by atoms with Gasteiger partial charge in [0.15, 0.2) is 0 Å². The number of aliphatic hydroxyl groups is 1. The number of fused-ring (bicyclic) bond motifs is 1. The molecule has 1 saturated heterocycles. The Bertz CT molecular complexity index is 750. The van der Waals surface area contributed by atoms with Gasteiger partial charge in [-0.1, -0.05) is 24.3 Å². The first kappa shape index (κ1) is 17.8. The Balaban J connectivity index is 1.72. The second-order valence-electron chi connectivity index (χ2n) is 6.95. The molecule has 1 N–H and O–H groups in total. The van der Waals surface area contributed by atoms with E-state index in [0.717, 1.165) is 16.6 Å². The fraction of sp³-hybridized carbons (Fsp3) is 0.474. The molecule has 0 spiro atoms. The van der Waals surface area contributed by atoms with Crippen LogP contribution in [0, 0.1) is 0 Å². The van der Waals surface area contributed by atoms with Gasteiger partial charge in [0.25, 0.3) is 0 Å². The van der Waals surface area contributed by atoms with Gasteiger partial charge in [-0.15, -0.1) is 0 Å². The van der Waals surface area contributed by atoms with Gasteiger partial charge in [-0.25, -0.2) is 0 Å². The van der Waals surface area contributed by atoms with E-state index in [1.807, 2.05) is 30.3 Å². The SMILES string of the molecule is CN(C)C(=O)C[C@@]1(O)COCCN(Cc2ccc3ccccc3n2)C1. The topological polar surface area (TPSA) is 65.9 Å². The van der Waals surface area contributed by atoms with E-state index in [1.54, 1.807) is 14.1 Å². The summed E-state index contributed by atoms with van der Waals surface area (Å²) in [7, 11) is 3.39. The van der Waals surface area contributed by atoms with Crippen molar-refractivity contribution in [3.63, 3.8) is 0 Å². The third-order valence-corrected chi connectivity index (χ3v) is 4.46. The lowest BCUT2D eigenvalue weighted by molar-refractivity contribution is -0.136. The van der Waals surface area contributed by atoms with Crippen molar-refractivity contribution in [3.05, 3.63) is 42.1 Å². The molecule has 0 radical (unpaired) electrons. The summed E-state index contributed by atoms with van der Waals surface area (Å²) in [5.41, 5.74) is 0.736. The summed E-state index contributed by atoms with van der Waals surface area (Å²) in [5, 5.41) is 12.0. The Morgan fingerprint density at radius 2 is 2.12 bits per heavy atom. The predicted molar refractivity (Wildman–Crippen MR) is 96.1 cm³/mol. The summed E-state index contributed by atoms with van der Waals surface area (Å²) < 4.78 is 5.55. The fourth-order valence-electron chi connectivity index (χ4n) is 3.10. The van der Waals surface area contributed by atoms with Crippen LogP contribution in [-0.2, 0) is 16.1 Å². The molecule has 1 aliphatic rings. The second-order valence-corrected chi connectivity index (χ2v) is 6.95. The molecule has 1 aliphatic heterocycles. The number of pyridine rings is 1. The highest BCUT2D eigenvalue weighted by atomic mass is 16.5. The fourth-order valence-corrected chi connectivity index (χ4v) is 3.10. The van der Waals surface area contributed by atoms with E-state index in [9.17, 15) is 9.90 Å². The number of aromatic nitrogens is 1. The van der Waals surface area contributed by atoms with Gasteiger partial charge < -0.3 is 14.7 Å². The van der Waals surface area contributed by atoms with Crippen molar-refractivity contribution < 1.29 is 14.6 Å². The van der Waals surface area contributed by atoms with E-state index in [2.05, 4.69) is 11.0 Å². The minimum atomic E-state index is -1.17. The molecule has 1 aromatic carbocycles. The van der Waals surface area contributed by atoms with Crippen molar-refractivity contribution in [1.82, 2.24) is 14.8 Å². The van der Waals surface area contributed by atoms with Crippen molar-refractivity contribution in [2.45, 2.75) is 18.6 Å². The summed E-state index contributed by atoms with van der Waals surface area (Å²) in [6, 6.07) is 12.1. The molecule has 1 amide bonds. The summed E-state index contributed by atoms with van der Waals surface area (Å²) in [5.74, 6) is -0.100. The Hall–Kier alpha value is -2.02. The first-order chi connectivity index (χ1) is 12.0. The van der Waals surface area contributed by atoms with Crippen molar-refractivity contribution in [2.75, 3.05) is 40.4 Å². The van der Waals surface area contributed by atoms with E-state index in [1.165, 1.54) is 4.90 Å². The van der Waals surface area contributed by atoms with Gasteiger partial charge in [-0.2, -0.15) is 0 Å². The highest BCUT2D eigenvalue weighted by Gasteiger charge is 2.35. The molecule has 6 nitrogen and oxygen atoms in total. The van der Waals surface area contributed by atoms with Crippen molar-refractivity contribution >= 4 is 16.8 Å². The first-order valence-electron chi connectivity index (χ1n) is 8.52. The molecule has 0 bridgehead atoms. The molecule has 1 fully saturated rings. The monoisotopic (exact) mass is 343 g/mol. The molecule has 0 unspecified atom stereocenters. The van der Waals surface area contributed by atoms with Crippen LogP contribution < -0.4 is 0 Å². The van der Waals surface area contributed by atoms with Gasteiger partial charge in [0.05, 0.1) is 30.8 Å². The number of hydrogen-bond acceptors (Lipinski definition) is 5. The zero-order valence-electron chi connectivity index (χ0n) is 14.8. The lowest BCUT2D eigenvalue weighted by Crippen LogP contribution is -2.47. The molecule has 3 rings (SSSR count). The Labute approximate surface area is 148 Å². The Morgan fingerprint density at radius 1 is 1.32 bits per heavy atom. The van der Waals surface area contributed by atoms with Crippen molar-refractivity contribution in [3.8, 4) is 0 Å². The molecule has 2 heterocycles. The zero-order valence-corrected chi connectivity index (χ0v) is 14.8. The standard InChI is InChI=1S/C19H25N3O3/c1-21(2)18(23)11-19(24)13-22(9-10-25-14-19)12-16-8-7-15-5-3-4-6-17(15)20-16/h3-8,24H,9-14H2,1-2H3/t19-/m0/s1. The number of β-amino-alcohol motifs (C(OH)–C–C–N with tert-alkyl or cyclic N) is 1. The number of hydrogen-bond donors (Lipinski definition) is 1. The quantitative estimate of drug-likeness (QED) is 0.906. The lowest BCUT2D eigenvalue weighted by atomic mass is 9.99. The Kier molecular flexibility index (Phi) is 5.32. The minimum Gasteiger partial charge on any atom is -0.386 e. The van der Waals surface area contributed by atoms with Crippen LogP contribution in [0.5, 0.6) is 0 Å².